The van der Waals surface area contributed by atoms with E-state index in [2.05, 4.69) is 0 Å². The van der Waals surface area contributed by atoms with Crippen molar-refractivity contribution in [1.82, 2.24) is 0 Å². The normalized spacial score (nSPS) is 2.25. The second-order valence-electron chi connectivity index (χ2n) is 0. The van der Waals surface area contributed by atoms with E-state index in [0.29, 0.717) is 0 Å². The van der Waals surface area contributed by atoms with Crippen molar-refractivity contribution in [2.45, 2.75) is 0 Å². The summed E-state index contributed by atoms with van der Waals surface area (Å²) in [5.41, 5.74) is 0. The van der Waals surface area contributed by atoms with E-state index >= 15 is 0 Å². The minimum absolute atomic E-state index is 0. The number of aliphatic hydroxyl groups is 3. The van der Waals surface area contributed by atoms with Gasteiger partial charge in [0.25, 0.3) is 0 Å². The maximum Gasteiger partial charge on any atom is 0.0319 e. The van der Waals surface area contributed by atoms with Crippen LogP contribution >= 0.6 is 0 Å². The summed E-state index contributed by atoms with van der Waals surface area (Å²) < 4.78 is 0. The van der Waals surface area contributed by atoms with Crippen molar-refractivity contribution in [3.63, 3.8) is 0 Å². The summed E-state index contributed by atoms with van der Waals surface area (Å²) in [6.45, 7) is 0. The Morgan fingerprint density at radius 3 is 0.625 bits per heavy atom. The Bertz CT molecular complexity index is 11.2. The first kappa shape index (κ1) is 37.6. The summed E-state index contributed by atoms with van der Waals surface area (Å²) >= 11 is 0. The van der Waals surface area contributed by atoms with Gasteiger partial charge in [0.2, 0.25) is 0 Å². The molecule has 0 aromatic carbocycles. The van der Waals surface area contributed by atoms with E-state index in [1.807, 2.05) is 0 Å². The fraction of sp³-hybridized carbons (Fsp3) is 1.00. The molecule has 0 amide bonds. The first-order chi connectivity index (χ1) is 3.00. The Hall–Kier alpha value is 0.710. The van der Waals surface area contributed by atoms with Crippen LogP contribution in [0.15, 0.2) is 0 Å². The first-order valence-electron chi connectivity index (χ1n) is 1.34. The monoisotopic (exact) mass is 294 g/mol. The molecule has 0 rings (SSSR count). The molecule has 0 saturated heterocycles. The molecule has 5 N–H and O–H groups in total. The second kappa shape index (κ2) is 688. The Balaban J connectivity index is -0.00000000500. The molecule has 0 saturated carbocycles. The van der Waals surface area contributed by atoms with Gasteiger partial charge in [-0.3, -0.25) is 0 Å². The predicted octanol–water partition coefficient (Wildman–Crippen LogP) is -2.00. The van der Waals surface area contributed by atoms with Crippen LogP contribution in [-0.4, -0.2) is 42.1 Å². The largest absolute Gasteiger partial charge is 0.412 e. The van der Waals surface area contributed by atoms with Gasteiger partial charge < -0.3 is 20.8 Å². The average Bonchev–Trinajstić information content (AvgIpc) is 1.81. The van der Waals surface area contributed by atoms with Gasteiger partial charge in [-0.2, -0.15) is 0 Å². The van der Waals surface area contributed by atoms with Crippen molar-refractivity contribution in [1.29, 1.82) is 0 Å². The number of hydrogen-bond donors (Lipinski definition) is 3. The Kier molecular flexibility index (Phi) is 3240. The summed E-state index contributed by atoms with van der Waals surface area (Å²) in [5, 5.41) is 21.0. The molecule has 0 bridgehead atoms. The number of rotatable bonds is 0. The molecule has 0 unspecified atom stereocenters. The van der Waals surface area contributed by atoms with Gasteiger partial charge in [-0.15, -0.1) is 0 Å². The minimum Gasteiger partial charge on any atom is -0.412 e. The van der Waals surface area contributed by atoms with Gasteiger partial charge in [0, 0.05) is 47.2 Å². The molecule has 0 aliphatic carbocycles. The molecule has 0 aromatic rings. The summed E-state index contributed by atoms with van der Waals surface area (Å²) in [4.78, 5) is 0. The number of hydrogen-bond acceptors (Lipinski definition) is 3. The Morgan fingerprint density at radius 2 is 0.625 bits per heavy atom. The molecule has 0 atom stereocenters. The van der Waals surface area contributed by atoms with E-state index in [9.17, 15) is 0 Å². The predicted molar refractivity (Wildman–Crippen MR) is 28.0 cm³/mol. The van der Waals surface area contributed by atoms with E-state index in [4.69, 9.17) is 15.3 Å². The number of aliphatic hydroxyl groups excluding tert-OH is 3. The molecule has 0 radical (unpaired) electrons. The van der Waals surface area contributed by atoms with E-state index in [-0.39, 0.29) is 31.3 Å². The molecule has 0 aliphatic rings. The average molecular weight is 293 g/mol. The fourth-order valence-corrected chi connectivity index (χ4v) is 0. The van der Waals surface area contributed by atoms with Crippen molar-refractivity contribution >= 4 is 0 Å². The molecule has 0 aliphatic heterocycles. The maximum atomic E-state index is 7.00. The van der Waals surface area contributed by atoms with Gasteiger partial charge in [0.15, 0.2) is 0 Å². The maximum absolute atomic E-state index is 7.00. The SMILES string of the molecule is CO.CO.CO.O.[Hf]. The fourth-order valence-electron chi connectivity index (χ4n) is 0. The topological polar surface area (TPSA) is 92.2 Å². The third-order valence-corrected chi connectivity index (χ3v) is 0. The molecular formula is C3H14HfO4. The van der Waals surface area contributed by atoms with Crippen LogP contribution in [0.25, 0.3) is 0 Å². The molecule has 0 aromatic heterocycles. The minimum atomic E-state index is 0. The molecule has 54 valence electrons. The standard InChI is InChI=1S/3CH4O.Hf.H2O/c3*1-2;;/h3*2H,1H3;;1H2. The molecule has 0 fully saturated rings. The smallest absolute Gasteiger partial charge is 0.0319 e. The molecule has 4 nitrogen and oxygen atoms in total. The first-order valence-corrected chi connectivity index (χ1v) is 1.34. The third kappa shape index (κ3) is 434. The summed E-state index contributed by atoms with van der Waals surface area (Å²) in [6.07, 6.45) is 0. The van der Waals surface area contributed by atoms with E-state index in [0.717, 1.165) is 21.3 Å². The van der Waals surface area contributed by atoms with Gasteiger partial charge in [0.05, 0.1) is 0 Å². The van der Waals surface area contributed by atoms with Crippen molar-refractivity contribution in [2.24, 2.45) is 0 Å². The van der Waals surface area contributed by atoms with Crippen LogP contribution in [0.2, 0.25) is 0 Å². The van der Waals surface area contributed by atoms with Crippen molar-refractivity contribution in [2.75, 3.05) is 21.3 Å². The Morgan fingerprint density at radius 1 is 0.625 bits per heavy atom. The zero-order chi connectivity index (χ0) is 6.00. The van der Waals surface area contributed by atoms with Crippen LogP contribution in [0.5, 0.6) is 0 Å². The molecule has 0 spiro atoms. The van der Waals surface area contributed by atoms with Crippen LogP contribution in [0.3, 0.4) is 0 Å². The van der Waals surface area contributed by atoms with Crippen molar-refractivity contribution in [3.8, 4) is 0 Å². The van der Waals surface area contributed by atoms with Gasteiger partial charge in [-0.25, -0.2) is 0 Å². The zero-order valence-electron chi connectivity index (χ0n) is 5.34. The summed E-state index contributed by atoms with van der Waals surface area (Å²) in [5.74, 6) is 0. The van der Waals surface area contributed by atoms with Crippen LogP contribution < -0.4 is 0 Å². The van der Waals surface area contributed by atoms with Gasteiger partial charge in [-0.05, 0) is 0 Å². The molecule has 5 heteroatoms. The van der Waals surface area contributed by atoms with E-state index < -0.39 is 0 Å². The van der Waals surface area contributed by atoms with E-state index in [1.54, 1.807) is 0 Å². The quantitative estimate of drug-likeness (QED) is 0.451. The van der Waals surface area contributed by atoms with Crippen molar-refractivity contribution in [3.05, 3.63) is 0 Å². The Labute approximate surface area is 68.3 Å². The summed E-state index contributed by atoms with van der Waals surface area (Å²) in [6, 6.07) is 0. The van der Waals surface area contributed by atoms with Crippen molar-refractivity contribution < 1.29 is 46.6 Å². The van der Waals surface area contributed by atoms with Gasteiger partial charge in [-0.1, -0.05) is 0 Å². The second-order valence-corrected chi connectivity index (χ2v) is 0. The molecular weight excluding hydrogens is 279 g/mol. The van der Waals surface area contributed by atoms with Crippen LogP contribution in [0, 0.1) is 0 Å². The third-order valence-electron chi connectivity index (χ3n) is 0. The molecule has 8 heavy (non-hydrogen) atoms. The van der Waals surface area contributed by atoms with Gasteiger partial charge >= 0.3 is 0 Å². The van der Waals surface area contributed by atoms with Crippen LogP contribution in [0.4, 0.5) is 0 Å². The van der Waals surface area contributed by atoms with Crippen LogP contribution in [0.1, 0.15) is 0 Å². The van der Waals surface area contributed by atoms with E-state index in [1.165, 1.54) is 0 Å². The van der Waals surface area contributed by atoms with Crippen LogP contribution in [-0.2, 0) is 25.8 Å². The van der Waals surface area contributed by atoms with Gasteiger partial charge in [0.1, 0.15) is 0 Å². The summed E-state index contributed by atoms with van der Waals surface area (Å²) in [7, 11) is 3.00. The zero-order valence-corrected chi connectivity index (χ0v) is 8.93. The molecule has 0 heterocycles.